The van der Waals surface area contributed by atoms with E-state index in [-0.39, 0.29) is 18.3 Å². The van der Waals surface area contributed by atoms with E-state index in [1.807, 2.05) is 37.4 Å². The Morgan fingerprint density at radius 1 is 1.09 bits per heavy atom. The number of para-hydroxylation sites is 1. The molecule has 2 aromatic carbocycles. The predicted molar refractivity (Wildman–Crippen MR) is 93.4 cm³/mol. The van der Waals surface area contributed by atoms with E-state index >= 15 is 0 Å². The zero-order chi connectivity index (χ0) is 16.7. The Hall–Kier alpha value is -2.27. The fraction of sp³-hybridized carbons (Fsp3) is 0.222. The summed E-state index contributed by atoms with van der Waals surface area (Å²) in [7, 11) is 0. The Balaban J connectivity index is 1.90. The van der Waals surface area contributed by atoms with Crippen molar-refractivity contribution in [1.29, 1.82) is 0 Å². The molecular weight excluding hydrogens is 310 g/mol. The average molecular weight is 329 g/mol. The molecule has 0 aliphatic rings. The Bertz CT molecular complexity index is 683. The summed E-state index contributed by atoms with van der Waals surface area (Å²) in [6.07, 6.45) is 2.43. The minimum atomic E-state index is -0.222. The summed E-state index contributed by atoms with van der Waals surface area (Å²) in [4.78, 5) is 24.5. The summed E-state index contributed by atoms with van der Waals surface area (Å²) < 4.78 is 5.45. The third kappa shape index (κ3) is 4.86. The first-order valence-electron chi connectivity index (χ1n) is 7.33. The smallest absolute Gasteiger partial charge is 0.262 e. The molecule has 1 N–H and O–H groups in total. The quantitative estimate of drug-likeness (QED) is 0.616. The Labute approximate surface area is 140 Å². The van der Waals surface area contributed by atoms with Crippen molar-refractivity contribution < 1.29 is 14.3 Å². The van der Waals surface area contributed by atoms with Crippen molar-refractivity contribution in [3.8, 4) is 5.75 Å². The highest BCUT2D eigenvalue weighted by molar-refractivity contribution is 7.98. The van der Waals surface area contributed by atoms with Crippen LogP contribution in [0.25, 0.3) is 0 Å². The fourth-order valence-electron chi connectivity index (χ4n) is 2.02. The van der Waals surface area contributed by atoms with Crippen LogP contribution in [-0.2, 0) is 4.79 Å². The third-order valence-corrected chi connectivity index (χ3v) is 4.04. The summed E-state index contributed by atoms with van der Waals surface area (Å²) in [6.45, 7) is 1.74. The standard InChI is InChI=1S/C18H19NO3S/c1-3-16(20)13-8-10-14(11-9-13)22-12-18(21)19-15-6-4-5-7-17(15)23-2/h4-11H,3,12H2,1-2H3,(H,19,21). The minimum Gasteiger partial charge on any atom is -0.484 e. The van der Waals surface area contributed by atoms with Crippen LogP contribution in [0.1, 0.15) is 23.7 Å². The zero-order valence-corrected chi connectivity index (χ0v) is 14.0. The van der Waals surface area contributed by atoms with Crippen molar-refractivity contribution >= 4 is 29.1 Å². The number of carbonyl (C=O) groups excluding carboxylic acids is 2. The molecular formula is C18H19NO3S. The summed E-state index contributed by atoms with van der Waals surface area (Å²) in [5, 5.41) is 2.83. The van der Waals surface area contributed by atoms with E-state index in [9.17, 15) is 9.59 Å². The van der Waals surface area contributed by atoms with E-state index in [1.165, 1.54) is 0 Å². The van der Waals surface area contributed by atoms with Crippen molar-refractivity contribution in [2.45, 2.75) is 18.2 Å². The van der Waals surface area contributed by atoms with Gasteiger partial charge in [-0.3, -0.25) is 9.59 Å². The van der Waals surface area contributed by atoms with Crippen molar-refractivity contribution in [2.75, 3.05) is 18.2 Å². The number of amides is 1. The van der Waals surface area contributed by atoms with Crippen LogP contribution in [0.5, 0.6) is 5.75 Å². The van der Waals surface area contributed by atoms with Gasteiger partial charge in [0, 0.05) is 16.9 Å². The lowest BCUT2D eigenvalue weighted by molar-refractivity contribution is -0.118. The molecule has 0 bridgehead atoms. The molecule has 0 heterocycles. The first-order valence-corrected chi connectivity index (χ1v) is 8.55. The first-order chi connectivity index (χ1) is 11.1. The van der Waals surface area contributed by atoms with Gasteiger partial charge in [-0.05, 0) is 42.7 Å². The molecule has 0 saturated carbocycles. The van der Waals surface area contributed by atoms with Crippen LogP contribution in [0, 0.1) is 0 Å². The number of anilines is 1. The number of thioether (sulfide) groups is 1. The number of hydrogen-bond acceptors (Lipinski definition) is 4. The van der Waals surface area contributed by atoms with Crippen LogP contribution in [0.2, 0.25) is 0 Å². The van der Waals surface area contributed by atoms with Crippen LogP contribution in [-0.4, -0.2) is 24.6 Å². The molecule has 0 radical (unpaired) electrons. The molecule has 0 aliphatic carbocycles. The number of rotatable bonds is 7. The molecule has 4 nitrogen and oxygen atoms in total. The second kappa shape index (κ2) is 8.39. The van der Waals surface area contributed by atoms with Crippen molar-refractivity contribution in [1.82, 2.24) is 0 Å². The van der Waals surface area contributed by atoms with Crippen LogP contribution in [0.3, 0.4) is 0 Å². The van der Waals surface area contributed by atoms with Gasteiger partial charge in [-0.25, -0.2) is 0 Å². The molecule has 0 unspecified atom stereocenters. The van der Waals surface area contributed by atoms with Gasteiger partial charge in [0.15, 0.2) is 12.4 Å². The molecule has 0 aliphatic heterocycles. The lowest BCUT2D eigenvalue weighted by Crippen LogP contribution is -2.20. The summed E-state index contributed by atoms with van der Waals surface area (Å²) in [5.74, 6) is 0.425. The number of nitrogens with one attached hydrogen (secondary N) is 1. The van der Waals surface area contributed by atoms with E-state index in [2.05, 4.69) is 5.32 Å². The highest BCUT2D eigenvalue weighted by atomic mass is 32.2. The maximum atomic E-state index is 12.0. The molecule has 0 fully saturated rings. The van der Waals surface area contributed by atoms with E-state index in [1.54, 1.807) is 36.0 Å². The summed E-state index contributed by atoms with van der Waals surface area (Å²) in [5.41, 5.74) is 1.43. The van der Waals surface area contributed by atoms with E-state index in [4.69, 9.17) is 4.74 Å². The minimum absolute atomic E-state index is 0.0796. The highest BCUT2D eigenvalue weighted by Gasteiger charge is 2.08. The SMILES string of the molecule is CCC(=O)c1ccc(OCC(=O)Nc2ccccc2SC)cc1. The van der Waals surface area contributed by atoms with E-state index in [0.29, 0.717) is 17.7 Å². The predicted octanol–water partition coefficient (Wildman–Crippen LogP) is 4.02. The van der Waals surface area contributed by atoms with Gasteiger partial charge >= 0.3 is 0 Å². The molecule has 23 heavy (non-hydrogen) atoms. The number of ether oxygens (including phenoxy) is 1. The third-order valence-electron chi connectivity index (χ3n) is 3.25. The molecule has 5 heteroatoms. The van der Waals surface area contributed by atoms with Crippen molar-refractivity contribution in [3.05, 3.63) is 54.1 Å². The van der Waals surface area contributed by atoms with Gasteiger partial charge < -0.3 is 10.1 Å². The topological polar surface area (TPSA) is 55.4 Å². The van der Waals surface area contributed by atoms with Crippen LogP contribution >= 0.6 is 11.8 Å². The molecule has 0 aromatic heterocycles. The van der Waals surface area contributed by atoms with Gasteiger partial charge in [-0.15, -0.1) is 11.8 Å². The second-order valence-corrected chi connectivity index (χ2v) is 5.69. The first kappa shape index (κ1) is 17.1. The average Bonchev–Trinajstić information content (AvgIpc) is 2.60. The van der Waals surface area contributed by atoms with Gasteiger partial charge in [0.25, 0.3) is 5.91 Å². The summed E-state index contributed by atoms with van der Waals surface area (Å²) in [6, 6.07) is 14.4. The number of ketones is 1. The summed E-state index contributed by atoms with van der Waals surface area (Å²) >= 11 is 1.57. The van der Waals surface area contributed by atoms with Gasteiger partial charge in [-0.1, -0.05) is 19.1 Å². The number of hydrogen-bond donors (Lipinski definition) is 1. The molecule has 2 rings (SSSR count). The molecule has 0 spiro atoms. The molecule has 2 aromatic rings. The number of benzene rings is 2. The van der Waals surface area contributed by atoms with E-state index < -0.39 is 0 Å². The van der Waals surface area contributed by atoms with Gasteiger partial charge in [0.2, 0.25) is 0 Å². The van der Waals surface area contributed by atoms with Crippen LogP contribution in [0.4, 0.5) is 5.69 Å². The van der Waals surface area contributed by atoms with Crippen molar-refractivity contribution in [3.63, 3.8) is 0 Å². The maximum Gasteiger partial charge on any atom is 0.262 e. The Kier molecular flexibility index (Phi) is 6.23. The number of Topliss-reactive ketones (excluding diaryl/α,β-unsaturated/α-hetero) is 1. The zero-order valence-electron chi connectivity index (χ0n) is 13.2. The molecule has 0 atom stereocenters. The maximum absolute atomic E-state index is 12.0. The normalized spacial score (nSPS) is 10.2. The molecule has 1 amide bonds. The van der Waals surface area contributed by atoms with Gasteiger partial charge in [-0.2, -0.15) is 0 Å². The lowest BCUT2D eigenvalue weighted by atomic mass is 10.1. The lowest BCUT2D eigenvalue weighted by Gasteiger charge is -2.10. The van der Waals surface area contributed by atoms with E-state index in [0.717, 1.165) is 10.6 Å². The van der Waals surface area contributed by atoms with Crippen LogP contribution < -0.4 is 10.1 Å². The Morgan fingerprint density at radius 3 is 2.43 bits per heavy atom. The second-order valence-electron chi connectivity index (χ2n) is 4.84. The monoisotopic (exact) mass is 329 g/mol. The van der Waals surface area contributed by atoms with Crippen LogP contribution in [0.15, 0.2) is 53.4 Å². The Morgan fingerprint density at radius 2 is 1.78 bits per heavy atom. The molecule has 120 valence electrons. The highest BCUT2D eigenvalue weighted by Crippen LogP contribution is 2.24. The van der Waals surface area contributed by atoms with Crippen molar-refractivity contribution in [2.24, 2.45) is 0 Å². The fourth-order valence-corrected chi connectivity index (χ4v) is 2.58. The number of carbonyl (C=O) groups is 2. The molecule has 0 saturated heterocycles. The van der Waals surface area contributed by atoms with Gasteiger partial charge in [0.1, 0.15) is 5.75 Å². The van der Waals surface area contributed by atoms with Gasteiger partial charge in [0.05, 0.1) is 5.69 Å². The largest absolute Gasteiger partial charge is 0.484 e.